The molecule has 0 aliphatic carbocycles. The Hall–Kier alpha value is 1.30. The predicted octanol–water partition coefficient (Wildman–Crippen LogP) is 3.23. The zero-order valence-corrected chi connectivity index (χ0v) is 12.0. The van der Waals surface area contributed by atoms with E-state index in [1.807, 2.05) is 18.2 Å². The van der Waals surface area contributed by atoms with E-state index >= 15 is 0 Å². The fraction of sp³-hybridized carbons (Fsp3) is 0.143. The van der Waals surface area contributed by atoms with Crippen molar-refractivity contribution in [3.8, 4) is 0 Å². The van der Waals surface area contributed by atoms with Crippen LogP contribution in [0.5, 0.6) is 0 Å². The minimum atomic E-state index is 0. The Morgan fingerprint density at radius 2 is 1.30 bits per heavy atom. The van der Waals surface area contributed by atoms with Gasteiger partial charge in [-0.2, -0.15) is 0 Å². The predicted molar refractivity (Wildman–Crippen MR) is 62.0 cm³/mol. The molecule has 1 aromatic carbocycles. The van der Waals surface area contributed by atoms with Crippen molar-refractivity contribution in [3.05, 3.63) is 35.9 Å². The van der Waals surface area contributed by atoms with Crippen molar-refractivity contribution in [1.82, 2.24) is 0 Å². The van der Waals surface area contributed by atoms with Crippen LogP contribution in [-0.2, 0) is 19.5 Å². The van der Waals surface area contributed by atoms with Crippen LogP contribution in [-0.4, -0.2) is 0 Å². The van der Waals surface area contributed by atoms with E-state index in [0.717, 1.165) is 0 Å². The van der Waals surface area contributed by atoms with Gasteiger partial charge in [-0.25, -0.2) is 0 Å². The molecule has 0 aromatic heterocycles. The maximum Gasteiger partial charge on any atom is 0 e. The molecule has 0 atom stereocenters. The summed E-state index contributed by atoms with van der Waals surface area (Å²) in [5.41, 5.74) is 1.32. The summed E-state index contributed by atoms with van der Waals surface area (Å²) in [5.74, 6) is 0. The minimum Gasteiger partial charge on any atom is -0.107 e. The molecule has 1 aromatic rings. The molecule has 0 bridgehead atoms. The SMILES string of the molecule is Cc1ccccc1.I.I.[Ru]. The number of hydrogen-bond acceptors (Lipinski definition) is 0. The van der Waals surface area contributed by atoms with Gasteiger partial charge in [0.05, 0.1) is 0 Å². The van der Waals surface area contributed by atoms with E-state index in [1.165, 1.54) is 5.56 Å². The molecule has 0 spiro atoms. The number of hydrogen-bond donors (Lipinski definition) is 0. The van der Waals surface area contributed by atoms with Gasteiger partial charge in [0.2, 0.25) is 0 Å². The Labute approximate surface area is 109 Å². The Kier molecular flexibility index (Phi) is 17.9. The van der Waals surface area contributed by atoms with Crippen molar-refractivity contribution in [2.45, 2.75) is 6.92 Å². The molecule has 3 heteroatoms. The smallest absolute Gasteiger partial charge is 0 e. The number of rotatable bonds is 0. The monoisotopic (exact) mass is 450 g/mol. The average molecular weight is 449 g/mol. The van der Waals surface area contributed by atoms with Crippen LogP contribution in [0.2, 0.25) is 0 Å². The first-order chi connectivity index (χ1) is 3.39. The molecule has 0 saturated carbocycles. The van der Waals surface area contributed by atoms with E-state index in [4.69, 9.17) is 0 Å². The van der Waals surface area contributed by atoms with Gasteiger partial charge in [0.15, 0.2) is 0 Å². The summed E-state index contributed by atoms with van der Waals surface area (Å²) in [6, 6.07) is 10.3. The summed E-state index contributed by atoms with van der Waals surface area (Å²) in [7, 11) is 0. The van der Waals surface area contributed by atoms with E-state index in [1.54, 1.807) is 0 Å². The maximum atomic E-state index is 2.08. The van der Waals surface area contributed by atoms with Gasteiger partial charge in [0.1, 0.15) is 0 Å². The molecule has 0 amide bonds. The molecule has 0 radical (unpaired) electrons. The van der Waals surface area contributed by atoms with E-state index < -0.39 is 0 Å². The second-order valence-corrected chi connectivity index (χ2v) is 1.65. The van der Waals surface area contributed by atoms with Crippen molar-refractivity contribution < 1.29 is 19.5 Å². The topological polar surface area (TPSA) is 0 Å². The van der Waals surface area contributed by atoms with Crippen LogP contribution in [0.25, 0.3) is 0 Å². The first-order valence-electron chi connectivity index (χ1n) is 2.41. The number of aryl methyl sites for hydroxylation is 1. The Balaban J connectivity index is -0.000000163. The second-order valence-electron chi connectivity index (χ2n) is 1.65. The van der Waals surface area contributed by atoms with Gasteiger partial charge < -0.3 is 0 Å². The fourth-order valence-electron chi connectivity index (χ4n) is 0.534. The van der Waals surface area contributed by atoms with Crippen LogP contribution in [0.4, 0.5) is 0 Å². The van der Waals surface area contributed by atoms with Crippen LogP contribution in [0, 0.1) is 6.92 Å². The van der Waals surface area contributed by atoms with Crippen LogP contribution in [0.3, 0.4) is 0 Å². The van der Waals surface area contributed by atoms with E-state index in [9.17, 15) is 0 Å². The van der Waals surface area contributed by atoms with Crippen LogP contribution in [0.15, 0.2) is 30.3 Å². The summed E-state index contributed by atoms with van der Waals surface area (Å²) >= 11 is 0. The fourth-order valence-corrected chi connectivity index (χ4v) is 0.534. The quantitative estimate of drug-likeness (QED) is 0.422. The maximum absolute atomic E-state index is 2.08. The molecule has 0 aliphatic heterocycles. The molecule has 0 saturated heterocycles. The summed E-state index contributed by atoms with van der Waals surface area (Å²) in [6.45, 7) is 2.08. The van der Waals surface area contributed by atoms with Crippen molar-refractivity contribution in [3.63, 3.8) is 0 Å². The van der Waals surface area contributed by atoms with E-state index in [-0.39, 0.29) is 67.4 Å². The zero-order chi connectivity index (χ0) is 5.11. The second kappa shape index (κ2) is 10.3. The van der Waals surface area contributed by atoms with Crippen molar-refractivity contribution in [1.29, 1.82) is 0 Å². The Morgan fingerprint density at radius 1 is 0.900 bits per heavy atom. The first-order valence-corrected chi connectivity index (χ1v) is 2.41. The molecule has 10 heavy (non-hydrogen) atoms. The molecule has 0 nitrogen and oxygen atoms in total. The van der Waals surface area contributed by atoms with Gasteiger partial charge in [-0.15, -0.1) is 48.0 Å². The van der Waals surface area contributed by atoms with Crippen molar-refractivity contribution in [2.75, 3.05) is 0 Å². The average Bonchev–Trinajstić information content (AvgIpc) is 1.69. The molecule has 1 rings (SSSR count). The Bertz CT molecular complexity index is 142. The normalized spacial score (nSPS) is 6.10. The molecule has 0 N–H and O–H groups in total. The van der Waals surface area contributed by atoms with Gasteiger partial charge in [0, 0.05) is 19.5 Å². The van der Waals surface area contributed by atoms with E-state index in [0.29, 0.717) is 0 Å². The molecule has 0 unspecified atom stereocenters. The van der Waals surface area contributed by atoms with E-state index in [2.05, 4.69) is 19.1 Å². The molecular formula is C7H10I2Ru. The minimum absolute atomic E-state index is 0. The van der Waals surface area contributed by atoms with Crippen molar-refractivity contribution >= 4 is 48.0 Å². The standard InChI is InChI=1S/C7H8.2HI.Ru/c1-7-5-3-2-4-6-7;;;/h2-6H,1H3;2*1H;. The van der Waals surface area contributed by atoms with Gasteiger partial charge in [-0.05, 0) is 6.92 Å². The number of halogens is 2. The first kappa shape index (κ1) is 17.4. The summed E-state index contributed by atoms with van der Waals surface area (Å²) < 4.78 is 0. The zero-order valence-electron chi connectivity index (χ0n) is 5.56. The summed E-state index contributed by atoms with van der Waals surface area (Å²) in [4.78, 5) is 0. The third-order valence-corrected chi connectivity index (χ3v) is 0.940. The summed E-state index contributed by atoms with van der Waals surface area (Å²) in [5, 5.41) is 0. The molecule has 0 fully saturated rings. The summed E-state index contributed by atoms with van der Waals surface area (Å²) in [6.07, 6.45) is 0. The van der Waals surface area contributed by atoms with Crippen LogP contribution < -0.4 is 0 Å². The molecule has 0 aliphatic rings. The van der Waals surface area contributed by atoms with Gasteiger partial charge in [-0.1, -0.05) is 35.9 Å². The van der Waals surface area contributed by atoms with Gasteiger partial charge in [0.25, 0.3) is 0 Å². The van der Waals surface area contributed by atoms with Gasteiger partial charge in [-0.3, -0.25) is 0 Å². The Morgan fingerprint density at radius 3 is 1.50 bits per heavy atom. The number of benzene rings is 1. The van der Waals surface area contributed by atoms with Crippen LogP contribution >= 0.6 is 48.0 Å². The largest absolute Gasteiger partial charge is 0.107 e. The molecule has 60 valence electrons. The van der Waals surface area contributed by atoms with Crippen molar-refractivity contribution in [2.24, 2.45) is 0 Å². The molecular weight excluding hydrogens is 439 g/mol. The molecule has 0 heterocycles. The van der Waals surface area contributed by atoms with Gasteiger partial charge >= 0.3 is 0 Å². The third-order valence-electron chi connectivity index (χ3n) is 0.940. The van der Waals surface area contributed by atoms with Crippen LogP contribution in [0.1, 0.15) is 5.56 Å². The third kappa shape index (κ3) is 7.41.